The smallest absolute Gasteiger partial charge is 0.367 e. The van der Waals surface area contributed by atoms with Crippen molar-refractivity contribution in [3.8, 4) is 34.5 Å². The van der Waals surface area contributed by atoms with Crippen LogP contribution in [-0.4, -0.2) is 76.6 Å². The number of methoxy groups -OCH3 is 6. The zero-order valence-corrected chi connectivity index (χ0v) is 47.0. The van der Waals surface area contributed by atoms with E-state index in [1.54, 1.807) is 42.7 Å². The van der Waals surface area contributed by atoms with Gasteiger partial charge in [0.2, 0.25) is 11.2 Å². The molecular formula is C59H54Mo2N10O6-2. The zero-order valence-electron chi connectivity index (χ0n) is 43.0. The van der Waals surface area contributed by atoms with Gasteiger partial charge in [-0.1, -0.05) is 116 Å². The van der Waals surface area contributed by atoms with Gasteiger partial charge >= 0.3 is 5.65 Å². The van der Waals surface area contributed by atoms with Gasteiger partial charge in [-0.25, -0.2) is 15.0 Å². The van der Waals surface area contributed by atoms with Crippen molar-refractivity contribution in [1.82, 2.24) is 15.0 Å². The molecule has 0 spiro atoms. The van der Waals surface area contributed by atoms with Crippen LogP contribution in [0.2, 0.25) is 0 Å². The average molecular weight is 1190 g/mol. The summed E-state index contributed by atoms with van der Waals surface area (Å²) < 4.78 is 30.5. The quantitative estimate of drug-likeness (QED) is 0.0416. The molecule has 10 aromatic rings. The summed E-state index contributed by atoms with van der Waals surface area (Å²) in [5, 5.41) is 12.7. The number of fused-ring (bicyclic) bond motifs is 3. The van der Waals surface area contributed by atoms with Gasteiger partial charge in [0.1, 0.15) is 45.5 Å². The van der Waals surface area contributed by atoms with E-state index in [1.807, 2.05) is 194 Å². The third-order valence-corrected chi connectivity index (χ3v) is 10.6. The van der Waals surface area contributed by atoms with Crippen LogP contribution in [0.4, 0.5) is 34.1 Å². The minimum atomic E-state index is 0. The number of para-hydroxylation sites is 4. The summed E-state index contributed by atoms with van der Waals surface area (Å²) in [7, 11) is 9.82. The van der Waals surface area contributed by atoms with E-state index >= 15 is 0 Å². The number of benzene rings is 8. The summed E-state index contributed by atoms with van der Waals surface area (Å²) in [5.74, 6) is 4.87. The molecule has 2 aromatic heterocycles. The number of aromatic nitrogens is 4. The van der Waals surface area contributed by atoms with Crippen molar-refractivity contribution in [2.75, 3.05) is 42.7 Å². The van der Waals surface area contributed by atoms with E-state index in [0.29, 0.717) is 11.3 Å². The van der Waals surface area contributed by atoms with Crippen molar-refractivity contribution in [2.45, 2.75) is 0 Å². The molecule has 77 heavy (non-hydrogen) atoms. The Morgan fingerprint density at radius 2 is 0.610 bits per heavy atom. The third kappa shape index (κ3) is 18.9. The maximum absolute atomic E-state index is 5.08. The first-order chi connectivity index (χ1) is 36.8. The van der Waals surface area contributed by atoms with Crippen molar-refractivity contribution in [1.29, 1.82) is 0 Å². The normalized spacial score (nSPS) is 10.4. The molecule has 8 aromatic carbocycles. The van der Waals surface area contributed by atoms with E-state index in [-0.39, 0.29) is 42.1 Å². The number of aromatic amines is 1. The van der Waals surface area contributed by atoms with Crippen LogP contribution in [0, 0.1) is 0 Å². The molecule has 10 rings (SSSR count). The fourth-order valence-electron chi connectivity index (χ4n) is 6.57. The Bertz CT molecular complexity index is 3020. The van der Waals surface area contributed by atoms with Gasteiger partial charge in [0.05, 0.1) is 42.7 Å². The van der Waals surface area contributed by atoms with E-state index in [4.69, 9.17) is 28.4 Å². The molecule has 0 saturated heterocycles. The molecule has 0 aliphatic carbocycles. The Morgan fingerprint density at radius 1 is 0.338 bits per heavy atom. The second kappa shape index (κ2) is 31.9. The Morgan fingerprint density at radius 3 is 0.935 bits per heavy atom. The molecule has 2 heterocycles. The van der Waals surface area contributed by atoms with Gasteiger partial charge in [-0.3, -0.25) is 0 Å². The molecule has 390 valence electrons. The Kier molecular flexibility index (Phi) is 24.5. The largest absolute Gasteiger partial charge is 0.497 e. The van der Waals surface area contributed by atoms with Crippen LogP contribution in [0.1, 0.15) is 0 Å². The molecule has 0 aliphatic heterocycles. The summed E-state index contributed by atoms with van der Waals surface area (Å²) in [4.78, 5) is 29.6. The molecule has 0 amide bonds. The fourth-order valence-corrected chi connectivity index (χ4v) is 6.57. The number of rotatable bonds is 15. The van der Waals surface area contributed by atoms with Gasteiger partial charge in [-0.05, 0) is 136 Å². The zero-order chi connectivity index (χ0) is 52.5. The minimum absolute atomic E-state index is 0. The van der Waals surface area contributed by atoms with Gasteiger partial charge in [0, 0.05) is 42.1 Å². The molecule has 0 radical (unpaired) electrons. The average Bonchev–Trinajstić information content (AvgIpc) is 3.47. The number of hydrogen-bond acceptors (Lipinski definition) is 12. The SMILES string of the molecule is COc1ccc(N=C[N-]c2ccc(OC)cc2)cc1.COc1ccc(N=C[N-]c2ccc(OC)cc2)cc1.COc1ccc(N=C[N-]c2ccc(OC)cc2)cc1.[Mo].[Mo].c1ccc2nc3[nH+]c4ccccc4nc3nc2c1. The maximum Gasteiger partial charge on any atom is 0.367 e. The number of H-pyrrole nitrogens is 1. The first kappa shape index (κ1) is 59.2. The van der Waals surface area contributed by atoms with Gasteiger partial charge in [-0.15, -0.1) is 0 Å². The fraction of sp³-hybridized carbons (Fsp3) is 0.102. The topological polar surface area (TPSA) is 188 Å². The molecule has 16 nitrogen and oxygen atoms in total. The predicted molar refractivity (Wildman–Crippen MR) is 300 cm³/mol. The monoisotopic (exact) mass is 1190 g/mol. The third-order valence-electron chi connectivity index (χ3n) is 10.6. The van der Waals surface area contributed by atoms with Crippen LogP contribution in [0.5, 0.6) is 34.5 Å². The number of ether oxygens (including phenoxy) is 6. The van der Waals surface area contributed by atoms with Gasteiger partial charge in [0.15, 0.2) is 5.52 Å². The number of aliphatic imine (C=N–C) groups is 3. The summed E-state index contributed by atoms with van der Waals surface area (Å²) in [5.41, 5.74) is 9.95. The molecule has 0 atom stereocenters. The Labute approximate surface area is 476 Å². The second-order valence-electron chi connectivity index (χ2n) is 15.4. The van der Waals surface area contributed by atoms with Crippen molar-refractivity contribution in [3.63, 3.8) is 0 Å². The molecule has 1 N–H and O–H groups in total. The van der Waals surface area contributed by atoms with E-state index in [9.17, 15) is 0 Å². The van der Waals surface area contributed by atoms with Crippen LogP contribution >= 0.6 is 0 Å². The van der Waals surface area contributed by atoms with Crippen LogP contribution in [-0.2, 0) is 42.1 Å². The maximum atomic E-state index is 5.08. The summed E-state index contributed by atoms with van der Waals surface area (Å²) in [6, 6.07) is 60.5. The molecule has 0 bridgehead atoms. The molecule has 0 fully saturated rings. The summed E-state index contributed by atoms with van der Waals surface area (Å²) in [6.45, 7) is 0. The molecular weight excluding hydrogens is 1140 g/mol. The number of hydrogen-bond donors (Lipinski definition) is 0. The van der Waals surface area contributed by atoms with E-state index in [2.05, 4.69) is 50.9 Å². The van der Waals surface area contributed by atoms with Crippen molar-refractivity contribution in [2.24, 2.45) is 15.0 Å². The molecule has 0 saturated carbocycles. The summed E-state index contributed by atoms with van der Waals surface area (Å²) >= 11 is 0. The minimum Gasteiger partial charge on any atom is -0.497 e. The predicted octanol–water partition coefficient (Wildman–Crippen LogP) is 14.3. The van der Waals surface area contributed by atoms with E-state index in [1.165, 1.54) is 19.0 Å². The molecule has 0 unspecified atom stereocenters. The Hall–Kier alpha value is -8.71. The van der Waals surface area contributed by atoms with Crippen LogP contribution < -0.4 is 33.4 Å². The Balaban J connectivity index is 0.000000188. The molecule has 18 heteroatoms. The van der Waals surface area contributed by atoms with Crippen LogP contribution in [0.25, 0.3) is 49.3 Å². The summed E-state index contributed by atoms with van der Waals surface area (Å²) in [6.07, 6.45) is 4.59. The molecule has 0 aliphatic rings. The van der Waals surface area contributed by atoms with Gasteiger partial charge in [0.25, 0.3) is 0 Å². The van der Waals surface area contributed by atoms with Crippen LogP contribution in [0.15, 0.2) is 209 Å². The number of nitrogens with one attached hydrogen (secondary N) is 1. The van der Waals surface area contributed by atoms with Crippen molar-refractivity contribution >= 4 is 86.5 Å². The second-order valence-corrected chi connectivity index (χ2v) is 15.4. The standard InChI is InChI=1S/3C15H15N2O2.C14H8N4.2Mo/c3*1-18-14-7-3-12(4-8-14)16-11-17-13-5-9-15(19-2)10-6-13;1-2-6-10-9(5-1)15-13-14(16-10)18-12-8-4-3-7-11(12)17-13;;/h3*3-11H,1-2H3;1-8H;;/q3*-1;;;/p+1. The van der Waals surface area contributed by atoms with E-state index in [0.717, 1.165) is 90.7 Å². The van der Waals surface area contributed by atoms with Crippen molar-refractivity contribution in [3.05, 3.63) is 210 Å². The van der Waals surface area contributed by atoms with Crippen molar-refractivity contribution < 1.29 is 75.5 Å². The van der Waals surface area contributed by atoms with E-state index < -0.39 is 0 Å². The number of nitrogens with zero attached hydrogens (tertiary/aromatic N) is 9. The van der Waals surface area contributed by atoms with Crippen LogP contribution in [0.3, 0.4) is 0 Å². The first-order valence-electron chi connectivity index (χ1n) is 23.2. The van der Waals surface area contributed by atoms with Gasteiger partial charge in [-0.2, -0.15) is 0 Å². The first-order valence-corrected chi connectivity index (χ1v) is 23.2. The van der Waals surface area contributed by atoms with Gasteiger partial charge < -0.3 is 59.3 Å².